The molecule has 79 valence electrons. The zero-order valence-corrected chi connectivity index (χ0v) is 15.8. The number of hydrogen-bond acceptors (Lipinski definition) is 3. The van der Waals surface area contributed by atoms with E-state index in [0.29, 0.717) is 6.04 Å². The van der Waals surface area contributed by atoms with Crippen molar-refractivity contribution in [2.24, 2.45) is 0 Å². The topological polar surface area (TPSA) is 24.1 Å². The van der Waals surface area contributed by atoms with E-state index in [0.717, 1.165) is 15.5 Å². The summed E-state index contributed by atoms with van der Waals surface area (Å²) in [6.45, 7) is 2.89. The molecule has 0 aliphatic heterocycles. The molecule has 0 bridgehead atoms. The third kappa shape index (κ3) is 13.0. The van der Waals surface area contributed by atoms with Crippen molar-refractivity contribution < 1.29 is 19.5 Å². The van der Waals surface area contributed by atoms with Crippen molar-refractivity contribution >= 4 is 55.4 Å². The van der Waals surface area contributed by atoms with E-state index in [1.54, 1.807) is 22.0 Å². The Bertz CT molecular complexity index is 180. The van der Waals surface area contributed by atoms with Crippen LogP contribution in [0.3, 0.4) is 0 Å². The Morgan fingerprint density at radius 1 is 1.50 bits per heavy atom. The summed E-state index contributed by atoms with van der Waals surface area (Å²) in [7, 11) is 1.68. The van der Waals surface area contributed by atoms with Gasteiger partial charge in [0.05, 0.1) is 10.2 Å². The van der Waals surface area contributed by atoms with Crippen LogP contribution in [-0.2, 0) is 19.5 Å². The predicted octanol–water partition coefficient (Wildman–Crippen LogP) is 0.568. The molecule has 0 saturated carbocycles. The summed E-state index contributed by atoms with van der Waals surface area (Å²) in [6.07, 6.45) is 1.96. The minimum absolute atomic E-state index is 0. The SMILES string of the molecule is CSC(=S)NC(C)CNC([SiH2])=S.[CH3-].[Zn]. The Morgan fingerprint density at radius 3 is 2.36 bits per heavy atom. The summed E-state index contributed by atoms with van der Waals surface area (Å²) in [5, 5.41) is 6.25. The monoisotopic (exact) mass is 316 g/mol. The van der Waals surface area contributed by atoms with Crippen LogP contribution in [0.4, 0.5) is 0 Å². The Morgan fingerprint density at radius 2 is 2.00 bits per heavy atom. The molecule has 1 radical (unpaired) electrons. The first-order valence-corrected chi connectivity index (χ1v) is 6.25. The fourth-order valence-corrected chi connectivity index (χ4v) is 1.33. The normalized spacial score (nSPS) is 10.2. The summed E-state index contributed by atoms with van der Waals surface area (Å²) in [4.78, 5) is 0. The van der Waals surface area contributed by atoms with E-state index in [2.05, 4.69) is 17.6 Å². The molecular weight excluding hydrogens is 302 g/mol. The number of thiocarbonyl (C=S) groups is 2. The first-order chi connectivity index (χ1) is 5.56. The van der Waals surface area contributed by atoms with Gasteiger partial charge in [-0.25, -0.2) is 0 Å². The van der Waals surface area contributed by atoms with Crippen molar-refractivity contribution in [2.45, 2.75) is 13.0 Å². The van der Waals surface area contributed by atoms with Gasteiger partial charge in [0.1, 0.15) is 4.32 Å². The van der Waals surface area contributed by atoms with Crippen LogP contribution in [0, 0.1) is 7.43 Å². The van der Waals surface area contributed by atoms with Crippen molar-refractivity contribution in [2.75, 3.05) is 12.8 Å². The largest absolute Gasteiger partial charge is 0.382 e. The molecule has 0 aromatic rings. The van der Waals surface area contributed by atoms with Crippen LogP contribution in [0.15, 0.2) is 0 Å². The zero-order chi connectivity index (χ0) is 9.56. The Hall–Kier alpha value is 0.970. The van der Waals surface area contributed by atoms with Crippen LogP contribution in [0.1, 0.15) is 6.92 Å². The second kappa shape index (κ2) is 12.0. The Balaban J connectivity index is -0.000000605. The van der Waals surface area contributed by atoms with Gasteiger partial charge < -0.3 is 18.1 Å². The van der Waals surface area contributed by atoms with Gasteiger partial charge in [0, 0.05) is 36.7 Å². The molecule has 14 heavy (non-hydrogen) atoms. The molecule has 7 heteroatoms. The molecule has 2 N–H and O–H groups in total. The van der Waals surface area contributed by atoms with Crippen LogP contribution in [0.5, 0.6) is 0 Å². The summed E-state index contributed by atoms with van der Waals surface area (Å²) >= 11 is 11.4. The fraction of sp³-hybridized carbons (Fsp3) is 0.571. The van der Waals surface area contributed by atoms with Crippen molar-refractivity contribution in [1.29, 1.82) is 0 Å². The summed E-state index contributed by atoms with van der Waals surface area (Å²) < 4.78 is 1.67. The molecule has 0 aromatic heterocycles. The minimum Gasteiger partial charge on any atom is -0.382 e. The van der Waals surface area contributed by atoms with Gasteiger partial charge in [-0.2, -0.15) is 0 Å². The van der Waals surface area contributed by atoms with Gasteiger partial charge in [-0.05, 0) is 13.2 Å². The van der Waals surface area contributed by atoms with Crippen molar-refractivity contribution in [3.8, 4) is 0 Å². The van der Waals surface area contributed by atoms with Gasteiger partial charge in [0.15, 0.2) is 0 Å². The summed E-state index contributed by atoms with van der Waals surface area (Å²) in [6, 6.07) is 0.327. The fourth-order valence-electron chi connectivity index (χ4n) is 0.578. The number of thioether (sulfide) groups is 1. The Labute approximate surface area is 118 Å². The van der Waals surface area contributed by atoms with E-state index in [1.807, 2.05) is 6.26 Å². The second-order valence-corrected chi connectivity index (χ2v) is 5.54. The molecule has 0 heterocycles. The minimum atomic E-state index is 0. The first-order valence-electron chi connectivity index (χ1n) is 3.50. The molecule has 0 rings (SSSR count). The van der Waals surface area contributed by atoms with Gasteiger partial charge in [0.2, 0.25) is 0 Å². The summed E-state index contributed by atoms with van der Waals surface area (Å²) in [5.74, 6) is 0. The van der Waals surface area contributed by atoms with Crippen molar-refractivity contribution in [3.05, 3.63) is 7.43 Å². The van der Waals surface area contributed by atoms with Crippen LogP contribution in [0.25, 0.3) is 0 Å². The number of nitrogens with one attached hydrogen (secondary N) is 2. The molecule has 0 amide bonds. The quantitative estimate of drug-likeness (QED) is 0.450. The standard InChI is InChI=1S/C6H13N2S3Si.CH3.Zn/c1-4(3-7-6(10)12)8-5(9)11-2;;/h4H,3,12H2,1-2H3,(H,7,10)(H,8,9);1H3;/q;-1;. The van der Waals surface area contributed by atoms with Crippen LogP contribution in [-0.4, -0.2) is 38.0 Å². The van der Waals surface area contributed by atoms with Gasteiger partial charge in [-0.1, -0.05) is 24.4 Å². The third-order valence-electron chi connectivity index (χ3n) is 1.16. The molecular formula is C7H16N2S3SiZn-. The average molecular weight is 318 g/mol. The molecule has 0 aliphatic rings. The zero-order valence-electron chi connectivity index (χ0n) is 8.92. The van der Waals surface area contributed by atoms with E-state index >= 15 is 0 Å². The van der Waals surface area contributed by atoms with Crippen molar-refractivity contribution in [1.82, 2.24) is 10.6 Å². The smallest absolute Gasteiger partial charge is 0.133 e. The van der Waals surface area contributed by atoms with Crippen LogP contribution < -0.4 is 10.6 Å². The molecule has 0 fully saturated rings. The maximum absolute atomic E-state index is 5.00. The van der Waals surface area contributed by atoms with E-state index in [1.165, 1.54) is 0 Å². The van der Waals surface area contributed by atoms with Crippen LogP contribution in [0.2, 0.25) is 0 Å². The van der Waals surface area contributed by atoms with Crippen LogP contribution >= 0.6 is 36.2 Å². The molecule has 1 atom stereocenters. The summed E-state index contributed by atoms with van der Waals surface area (Å²) in [5.41, 5.74) is 0. The molecule has 2 nitrogen and oxygen atoms in total. The maximum Gasteiger partial charge on any atom is 0.133 e. The number of rotatable bonds is 3. The predicted molar refractivity (Wildman–Crippen MR) is 74.3 cm³/mol. The molecule has 1 unspecified atom stereocenters. The van der Waals surface area contributed by atoms with Gasteiger partial charge in [-0.3, -0.25) is 0 Å². The molecule has 0 aliphatic carbocycles. The van der Waals surface area contributed by atoms with E-state index in [9.17, 15) is 0 Å². The average Bonchev–Trinajstić information content (AvgIpc) is 2.00. The third-order valence-corrected chi connectivity index (χ3v) is 2.66. The van der Waals surface area contributed by atoms with Gasteiger partial charge in [-0.15, -0.1) is 11.8 Å². The van der Waals surface area contributed by atoms with Crippen molar-refractivity contribution in [3.63, 3.8) is 0 Å². The van der Waals surface area contributed by atoms with E-state index < -0.39 is 0 Å². The number of hydrogen-bond donors (Lipinski definition) is 2. The van der Waals surface area contributed by atoms with E-state index in [-0.39, 0.29) is 26.9 Å². The molecule has 0 saturated heterocycles. The Kier molecular flexibility index (Phi) is 17.5. The second-order valence-electron chi connectivity index (χ2n) is 2.34. The first kappa shape index (κ1) is 20.4. The molecule has 0 spiro atoms. The maximum atomic E-state index is 5.00. The molecule has 0 aromatic carbocycles. The van der Waals surface area contributed by atoms with Gasteiger partial charge >= 0.3 is 0 Å². The van der Waals surface area contributed by atoms with Gasteiger partial charge in [0.25, 0.3) is 0 Å². The van der Waals surface area contributed by atoms with E-state index in [4.69, 9.17) is 24.4 Å².